The van der Waals surface area contributed by atoms with Gasteiger partial charge in [0, 0.05) is 6.54 Å². The van der Waals surface area contributed by atoms with Gasteiger partial charge in [0.05, 0.1) is 0 Å². The maximum absolute atomic E-state index is 13.2. The Bertz CT molecular complexity index is 528. The Morgan fingerprint density at radius 2 is 1.94 bits per heavy atom. The molecule has 1 heterocycles. The molecule has 17 heavy (non-hydrogen) atoms. The van der Waals surface area contributed by atoms with Crippen molar-refractivity contribution < 1.29 is 9.50 Å². The van der Waals surface area contributed by atoms with Crippen molar-refractivity contribution in [1.29, 1.82) is 0 Å². The smallest absolute Gasteiger partial charge is 0.331 e. The third kappa shape index (κ3) is 2.57. The molecule has 0 amide bonds. The Hall–Kier alpha value is -1.59. The van der Waals surface area contributed by atoms with Crippen LogP contribution in [0.2, 0.25) is 0 Å². The average Bonchev–Trinajstić information content (AvgIpc) is 2.21. The van der Waals surface area contributed by atoms with Crippen LogP contribution in [0.4, 0.5) is 4.39 Å². The van der Waals surface area contributed by atoms with Gasteiger partial charge in [-0.2, -0.15) is 4.39 Å². The van der Waals surface area contributed by atoms with Gasteiger partial charge in [0.2, 0.25) is 11.7 Å². The van der Waals surface area contributed by atoms with Crippen LogP contribution in [0, 0.1) is 17.2 Å². The van der Waals surface area contributed by atoms with E-state index < -0.39 is 22.9 Å². The highest BCUT2D eigenvalue weighted by molar-refractivity contribution is 5.09. The maximum atomic E-state index is 13.2. The normalized spacial score (nSPS) is 12.1. The maximum Gasteiger partial charge on any atom is 0.331 e. The van der Waals surface area contributed by atoms with E-state index in [2.05, 4.69) is 0 Å². The highest BCUT2D eigenvalue weighted by atomic mass is 19.1. The quantitative estimate of drug-likeness (QED) is 0.835. The zero-order valence-electron chi connectivity index (χ0n) is 10.4. The molecule has 1 rings (SSSR count). The molecule has 0 bridgehead atoms. The van der Waals surface area contributed by atoms with E-state index in [0.29, 0.717) is 0 Å². The molecule has 0 aromatic carbocycles. The van der Waals surface area contributed by atoms with Crippen molar-refractivity contribution >= 4 is 0 Å². The Balaban J connectivity index is 3.30. The van der Waals surface area contributed by atoms with E-state index in [1.165, 1.54) is 0 Å². The molecule has 5 nitrogen and oxygen atoms in total. The molecule has 0 aliphatic carbocycles. The van der Waals surface area contributed by atoms with Gasteiger partial charge in [-0.05, 0) is 11.3 Å². The molecular weight excluding hydrogens is 227 g/mol. The van der Waals surface area contributed by atoms with Crippen LogP contribution in [0.3, 0.4) is 0 Å². The van der Waals surface area contributed by atoms with Gasteiger partial charge in [0.25, 0.3) is 5.56 Å². The number of rotatable bonds is 3. The van der Waals surface area contributed by atoms with Crippen molar-refractivity contribution in [2.24, 2.45) is 11.3 Å². The molecule has 6 heteroatoms. The number of hydrogen-bond donors (Lipinski definition) is 2. The molecule has 0 aliphatic heterocycles. The van der Waals surface area contributed by atoms with Gasteiger partial charge in [-0.15, -0.1) is 0 Å². The number of aromatic amines is 1. The van der Waals surface area contributed by atoms with Gasteiger partial charge in [0.15, 0.2) is 0 Å². The fourth-order valence-electron chi connectivity index (χ4n) is 1.27. The minimum atomic E-state index is -1.33. The molecule has 0 saturated heterocycles. The number of aromatic hydroxyl groups is 1. The molecular formula is C11H17FN2O3. The van der Waals surface area contributed by atoms with Gasteiger partial charge in [-0.1, -0.05) is 27.7 Å². The van der Waals surface area contributed by atoms with Gasteiger partial charge in [0.1, 0.15) is 0 Å². The Kier molecular flexibility index (Phi) is 3.45. The summed E-state index contributed by atoms with van der Waals surface area (Å²) >= 11 is 0. The summed E-state index contributed by atoms with van der Waals surface area (Å²) in [7, 11) is 0. The molecule has 0 spiro atoms. The zero-order chi connectivity index (χ0) is 13.4. The summed E-state index contributed by atoms with van der Waals surface area (Å²) in [6.07, 6.45) is 0. The molecule has 0 aliphatic rings. The molecule has 0 radical (unpaired) electrons. The van der Waals surface area contributed by atoms with Gasteiger partial charge < -0.3 is 5.11 Å². The standard InChI is InChI=1S/C11H17FN2O3/c1-6(2)11(3,4)5-14-9(16)7(12)8(15)13-10(14)17/h6,16H,5H2,1-4H3,(H,13,15,17). The summed E-state index contributed by atoms with van der Waals surface area (Å²) < 4.78 is 14.0. The van der Waals surface area contributed by atoms with Crippen molar-refractivity contribution in [2.75, 3.05) is 0 Å². The van der Waals surface area contributed by atoms with Crippen LogP contribution in [0.15, 0.2) is 9.59 Å². The highest BCUT2D eigenvalue weighted by Crippen LogP contribution is 2.28. The van der Waals surface area contributed by atoms with E-state index >= 15 is 0 Å². The lowest BCUT2D eigenvalue weighted by Gasteiger charge is -2.29. The Labute approximate surface area is 97.9 Å². The summed E-state index contributed by atoms with van der Waals surface area (Å²) in [5.41, 5.74) is -2.32. The SMILES string of the molecule is CC(C)C(C)(C)Cn1c(O)c(F)c(=O)[nH]c1=O. The Morgan fingerprint density at radius 1 is 1.41 bits per heavy atom. The van der Waals surface area contributed by atoms with Crippen molar-refractivity contribution in [3.8, 4) is 5.88 Å². The largest absolute Gasteiger partial charge is 0.492 e. The van der Waals surface area contributed by atoms with Crippen LogP contribution < -0.4 is 11.2 Å². The fourth-order valence-corrected chi connectivity index (χ4v) is 1.27. The lowest BCUT2D eigenvalue weighted by molar-refractivity contribution is 0.193. The minimum Gasteiger partial charge on any atom is -0.492 e. The van der Waals surface area contributed by atoms with Crippen LogP contribution in [0.1, 0.15) is 27.7 Å². The van der Waals surface area contributed by atoms with Crippen LogP contribution in [-0.2, 0) is 6.54 Å². The monoisotopic (exact) mass is 244 g/mol. The first-order chi connectivity index (χ1) is 7.66. The summed E-state index contributed by atoms with van der Waals surface area (Å²) in [5, 5.41) is 9.47. The topological polar surface area (TPSA) is 75.1 Å². The van der Waals surface area contributed by atoms with Crippen molar-refractivity contribution in [3.63, 3.8) is 0 Å². The van der Waals surface area contributed by atoms with Crippen LogP contribution in [0.5, 0.6) is 5.88 Å². The second kappa shape index (κ2) is 4.35. The third-order valence-corrected chi connectivity index (χ3v) is 3.25. The molecule has 2 N–H and O–H groups in total. The second-order valence-electron chi connectivity index (χ2n) is 5.13. The number of H-pyrrole nitrogens is 1. The molecule has 96 valence electrons. The summed E-state index contributed by atoms with van der Waals surface area (Å²) in [4.78, 5) is 24.2. The Morgan fingerprint density at radius 3 is 2.41 bits per heavy atom. The van der Waals surface area contributed by atoms with Gasteiger partial charge >= 0.3 is 5.69 Å². The number of nitrogens with zero attached hydrogens (tertiary/aromatic N) is 1. The number of halogens is 1. The minimum absolute atomic E-state index is 0.128. The molecule has 0 fully saturated rings. The third-order valence-electron chi connectivity index (χ3n) is 3.25. The number of hydrogen-bond acceptors (Lipinski definition) is 3. The second-order valence-corrected chi connectivity index (χ2v) is 5.13. The van der Waals surface area contributed by atoms with Crippen LogP contribution >= 0.6 is 0 Å². The fraction of sp³-hybridized carbons (Fsp3) is 0.636. The number of aromatic nitrogens is 2. The first-order valence-electron chi connectivity index (χ1n) is 5.38. The van der Waals surface area contributed by atoms with Gasteiger partial charge in [-0.25, -0.2) is 4.79 Å². The van der Waals surface area contributed by atoms with E-state index in [0.717, 1.165) is 4.57 Å². The van der Waals surface area contributed by atoms with Gasteiger partial charge in [-0.3, -0.25) is 14.3 Å². The predicted octanol–water partition coefficient (Wildman–Crippen LogP) is 1.06. The predicted molar refractivity (Wildman–Crippen MR) is 61.6 cm³/mol. The summed E-state index contributed by atoms with van der Waals surface area (Å²) in [5.74, 6) is -2.01. The van der Waals surface area contributed by atoms with Crippen LogP contribution in [0.25, 0.3) is 0 Å². The first-order valence-corrected chi connectivity index (χ1v) is 5.38. The molecule has 1 aromatic rings. The average molecular weight is 244 g/mol. The van der Waals surface area contributed by atoms with Crippen molar-refractivity contribution in [2.45, 2.75) is 34.2 Å². The summed E-state index contributed by atoms with van der Waals surface area (Å²) in [6.45, 7) is 7.84. The van der Waals surface area contributed by atoms with E-state index in [-0.39, 0.29) is 17.9 Å². The highest BCUT2D eigenvalue weighted by Gasteiger charge is 2.26. The molecule has 0 unspecified atom stereocenters. The van der Waals surface area contributed by atoms with Crippen LogP contribution in [-0.4, -0.2) is 14.7 Å². The van der Waals surface area contributed by atoms with E-state index in [9.17, 15) is 19.1 Å². The molecule has 0 saturated carbocycles. The zero-order valence-corrected chi connectivity index (χ0v) is 10.4. The van der Waals surface area contributed by atoms with Crippen molar-refractivity contribution in [3.05, 3.63) is 26.7 Å². The number of nitrogens with one attached hydrogen (secondary N) is 1. The van der Waals surface area contributed by atoms with E-state index in [4.69, 9.17) is 0 Å². The lowest BCUT2D eigenvalue weighted by Crippen LogP contribution is -2.37. The lowest BCUT2D eigenvalue weighted by atomic mass is 9.81. The van der Waals surface area contributed by atoms with E-state index in [1.54, 1.807) is 0 Å². The van der Waals surface area contributed by atoms with E-state index in [1.807, 2.05) is 32.7 Å². The van der Waals surface area contributed by atoms with Crippen molar-refractivity contribution in [1.82, 2.24) is 9.55 Å². The summed E-state index contributed by atoms with van der Waals surface area (Å²) in [6, 6.07) is 0. The molecule has 1 aromatic heterocycles. The first kappa shape index (κ1) is 13.5. The molecule has 0 atom stereocenters.